The Morgan fingerprint density at radius 2 is 2.05 bits per heavy atom. The molecule has 2 N–H and O–H groups in total. The smallest absolute Gasteiger partial charge is 0.120 e. The summed E-state index contributed by atoms with van der Waals surface area (Å²) < 4.78 is 5.90. The molecule has 1 aliphatic carbocycles. The second kappa shape index (κ2) is 7.86. The van der Waals surface area contributed by atoms with E-state index >= 15 is 0 Å². The van der Waals surface area contributed by atoms with Crippen LogP contribution in [0.1, 0.15) is 44.1 Å². The highest BCUT2D eigenvalue weighted by Crippen LogP contribution is 2.24. The van der Waals surface area contributed by atoms with Gasteiger partial charge in [-0.1, -0.05) is 37.2 Å². The Hall–Kier alpha value is -1.46. The van der Waals surface area contributed by atoms with E-state index in [4.69, 9.17) is 10.5 Å². The van der Waals surface area contributed by atoms with Gasteiger partial charge in [0, 0.05) is 18.5 Å². The van der Waals surface area contributed by atoms with Gasteiger partial charge in [-0.2, -0.15) is 0 Å². The monoisotopic (exact) mass is 257 g/mol. The van der Waals surface area contributed by atoms with Gasteiger partial charge in [-0.3, -0.25) is 0 Å². The van der Waals surface area contributed by atoms with E-state index in [-0.39, 0.29) is 0 Å². The fraction of sp³-hybridized carbons (Fsp3) is 0.529. The molecule has 0 atom stereocenters. The number of nitrogens with two attached hydrogens (primary N) is 1. The maximum Gasteiger partial charge on any atom is 0.120 e. The summed E-state index contributed by atoms with van der Waals surface area (Å²) in [6.07, 6.45) is 7.49. The molecule has 1 aromatic carbocycles. The number of hydrogen-bond donors (Lipinski definition) is 1. The van der Waals surface area contributed by atoms with E-state index in [1.54, 1.807) is 0 Å². The van der Waals surface area contributed by atoms with Crippen molar-refractivity contribution in [3.63, 3.8) is 0 Å². The lowest BCUT2D eigenvalue weighted by atomic mass is 9.90. The van der Waals surface area contributed by atoms with Gasteiger partial charge in [0.1, 0.15) is 5.75 Å². The lowest BCUT2D eigenvalue weighted by Gasteiger charge is -2.21. The van der Waals surface area contributed by atoms with E-state index in [1.165, 1.54) is 32.1 Å². The van der Waals surface area contributed by atoms with E-state index in [9.17, 15) is 0 Å². The first-order chi connectivity index (χ1) is 9.38. The topological polar surface area (TPSA) is 35.2 Å². The molecule has 0 spiro atoms. The second-order valence-corrected chi connectivity index (χ2v) is 5.18. The van der Waals surface area contributed by atoms with Gasteiger partial charge in [0.05, 0.1) is 6.61 Å². The Labute approximate surface area is 116 Å². The number of benzene rings is 1. The Bertz CT molecular complexity index is 438. The highest BCUT2D eigenvalue weighted by atomic mass is 16.5. The lowest BCUT2D eigenvalue weighted by Crippen LogP contribution is -2.15. The van der Waals surface area contributed by atoms with Crippen molar-refractivity contribution in [3.05, 3.63) is 29.8 Å². The molecule has 2 nitrogen and oxygen atoms in total. The average Bonchev–Trinajstić information content (AvgIpc) is 2.47. The van der Waals surface area contributed by atoms with Crippen molar-refractivity contribution in [2.45, 2.75) is 38.5 Å². The van der Waals surface area contributed by atoms with Crippen molar-refractivity contribution in [2.24, 2.45) is 11.7 Å². The van der Waals surface area contributed by atoms with Crippen molar-refractivity contribution in [1.82, 2.24) is 0 Å². The van der Waals surface area contributed by atoms with Gasteiger partial charge in [-0.15, -0.1) is 0 Å². The first kappa shape index (κ1) is 14.0. The molecule has 1 aliphatic rings. The molecule has 2 rings (SSSR count). The summed E-state index contributed by atoms with van der Waals surface area (Å²) in [5.74, 6) is 7.84. The zero-order valence-corrected chi connectivity index (χ0v) is 11.5. The number of rotatable bonds is 4. The van der Waals surface area contributed by atoms with Crippen LogP contribution in [0.4, 0.5) is 0 Å². The first-order valence-electron chi connectivity index (χ1n) is 7.30. The SMILES string of the molecule is NCCC#Cc1cccc(OCC2CCCCC2)c1. The van der Waals surface area contributed by atoms with Gasteiger partial charge in [-0.25, -0.2) is 0 Å². The number of hydrogen-bond acceptors (Lipinski definition) is 2. The summed E-state index contributed by atoms with van der Waals surface area (Å²) >= 11 is 0. The first-order valence-corrected chi connectivity index (χ1v) is 7.30. The van der Waals surface area contributed by atoms with Crippen LogP contribution < -0.4 is 10.5 Å². The second-order valence-electron chi connectivity index (χ2n) is 5.18. The van der Waals surface area contributed by atoms with E-state index in [0.29, 0.717) is 6.54 Å². The predicted molar refractivity (Wildman–Crippen MR) is 79.1 cm³/mol. The van der Waals surface area contributed by atoms with Gasteiger partial charge in [0.2, 0.25) is 0 Å². The normalized spacial score (nSPS) is 15.6. The van der Waals surface area contributed by atoms with Gasteiger partial charge < -0.3 is 10.5 Å². The number of ether oxygens (including phenoxy) is 1. The molecule has 2 heteroatoms. The van der Waals surface area contributed by atoms with Crippen LogP contribution in [-0.4, -0.2) is 13.2 Å². The molecule has 0 unspecified atom stereocenters. The molecule has 0 aromatic heterocycles. The third kappa shape index (κ3) is 4.96. The van der Waals surface area contributed by atoms with E-state index in [0.717, 1.165) is 30.3 Å². The van der Waals surface area contributed by atoms with Gasteiger partial charge in [0.15, 0.2) is 0 Å². The molecule has 0 amide bonds. The van der Waals surface area contributed by atoms with Crippen molar-refractivity contribution in [3.8, 4) is 17.6 Å². The highest BCUT2D eigenvalue weighted by molar-refractivity contribution is 5.39. The van der Waals surface area contributed by atoms with Crippen molar-refractivity contribution >= 4 is 0 Å². The van der Waals surface area contributed by atoms with Crippen LogP contribution in [0.25, 0.3) is 0 Å². The summed E-state index contributed by atoms with van der Waals surface area (Å²) in [5.41, 5.74) is 6.43. The van der Waals surface area contributed by atoms with Crippen molar-refractivity contribution < 1.29 is 4.74 Å². The lowest BCUT2D eigenvalue weighted by molar-refractivity contribution is 0.209. The molecule has 0 saturated heterocycles. The summed E-state index contributed by atoms with van der Waals surface area (Å²) in [7, 11) is 0. The zero-order chi connectivity index (χ0) is 13.3. The molecule has 0 heterocycles. The fourth-order valence-electron chi connectivity index (χ4n) is 2.47. The van der Waals surface area contributed by atoms with E-state index in [1.807, 2.05) is 24.3 Å². The Balaban J connectivity index is 1.86. The van der Waals surface area contributed by atoms with Gasteiger partial charge >= 0.3 is 0 Å². The third-order valence-corrected chi connectivity index (χ3v) is 3.55. The summed E-state index contributed by atoms with van der Waals surface area (Å²) in [6.45, 7) is 1.46. The van der Waals surface area contributed by atoms with Gasteiger partial charge in [0.25, 0.3) is 0 Å². The summed E-state index contributed by atoms with van der Waals surface area (Å²) in [6, 6.07) is 8.04. The third-order valence-electron chi connectivity index (χ3n) is 3.55. The largest absolute Gasteiger partial charge is 0.493 e. The molecular weight excluding hydrogens is 234 g/mol. The van der Waals surface area contributed by atoms with E-state index < -0.39 is 0 Å². The van der Waals surface area contributed by atoms with Crippen molar-refractivity contribution in [2.75, 3.05) is 13.2 Å². The molecule has 102 valence electrons. The molecule has 1 aromatic rings. The maximum atomic E-state index is 5.90. The standard InChI is InChI=1S/C17H23NO/c18-12-5-4-7-15-10-6-11-17(13-15)19-14-16-8-2-1-3-9-16/h6,10-11,13,16H,1-3,5,8-9,12,14,18H2. The Morgan fingerprint density at radius 1 is 1.21 bits per heavy atom. The van der Waals surface area contributed by atoms with Crippen LogP contribution >= 0.6 is 0 Å². The van der Waals surface area contributed by atoms with Crippen LogP contribution in [-0.2, 0) is 0 Å². The molecule has 0 radical (unpaired) electrons. The summed E-state index contributed by atoms with van der Waals surface area (Å²) in [4.78, 5) is 0. The highest BCUT2D eigenvalue weighted by Gasteiger charge is 2.13. The van der Waals surface area contributed by atoms with Crippen LogP contribution in [0.5, 0.6) is 5.75 Å². The molecule has 19 heavy (non-hydrogen) atoms. The average molecular weight is 257 g/mol. The van der Waals surface area contributed by atoms with Gasteiger partial charge in [-0.05, 0) is 37.0 Å². The van der Waals surface area contributed by atoms with Crippen LogP contribution in [0.2, 0.25) is 0 Å². The quantitative estimate of drug-likeness (QED) is 0.840. The molecule has 0 bridgehead atoms. The molecule has 1 fully saturated rings. The Morgan fingerprint density at radius 3 is 2.84 bits per heavy atom. The zero-order valence-electron chi connectivity index (χ0n) is 11.5. The summed E-state index contributed by atoms with van der Waals surface area (Å²) in [5, 5.41) is 0. The minimum Gasteiger partial charge on any atom is -0.493 e. The minimum atomic E-state index is 0.616. The maximum absolute atomic E-state index is 5.90. The van der Waals surface area contributed by atoms with Crippen molar-refractivity contribution in [1.29, 1.82) is 0 Å². The molecule has 1 saturated carbocycles. The Kier molecular flexibility index (Phi) is 5.78. The predicted octanol–water partition coefficient (Wildman–Crippen LogP) is 3.35. The molecule has 0 aliphatic heterocycles. The van der Waals surface area contributed by atoms with Crippen LogP contribution in [0, 0.1) is 17.8 Å². The minimum absolute atomic E-state index is 0.616. The van der Waals surface area contributed by atoms with E-state index in [2.05, 4.69) is 11.8 Å². The van der Waals surface area contributed by atoms with Crippen LogP contribution in [0.3, 0.4) is 0 Å². The molecular formula is C17H23NO. The van der Waals surface area contributed by atoms with Crippen LogP contribution in [0.15, 0.2) is 24.3 Å². The fourth-order valence-corrected chi connectivity index (χ4v) is 2.47.